The van der Waals surface area contributed by atoms with Crippen LogP contribution in [-0.4, -0.2) is 26.4 Å². The minimum absolute atomic E-state index is 0.0867. The van der Waals surface area contributed by atoms with Crippen LogP contribution in [0.1, 0.15) is 12.8 Å². The summed E-state index contributed by atoms with van der Waals surface area (Å²) in [5, 5.41) is 0. The molecule has 0 spiro atoms. The van der Waals surface area contributed by atoms with E-state index < -0.39 is 0 Å². The quantitative estimate of drug-likeness (QED) is 0.640. The van der Waals surface area contributed by atoms with Gasteiger partial charge in [-0.25, -0.2) is 0 Å². The maximum absolute atomic E-state index is 5.73. The van der Waals surface area contributed by atoms with Gasteiger partial charge in [-0.05, 0) is 12.5 Å². The molecule has 2 N–H and O–H groups in total. The molecule has 0 radical (unpaired) electrons. The molecular formula is C8H15NO2. The first kappa shape index (κ1) is 8.56. The van der Waals surface area contributed by atoms with Gasteiger partial charge in [-0.15, -0.1) is 0 Å². The Balaban J connectivity index is 2.54. The van der Waals surface area contributed by atoms with Crippen molar-refractivity contribution in [3.05, 3.63) is 11.8 Å². The van der Waals surface area contributed by atoms with Crippen molar-refractivity contribution in [2.24, 2.45) is 5.73 Å². The molecule has 0 fully saturated rings. The molecule has 0 bridgehead atoms. The van der Waals surface area contributed by atoms with Gasteiger partial charge < -0.3 is 15.2 Å². The summed E-state index contributed by atoms with van der Waals surface area (Å²) in [6.07, 6.45) is 3.92. The molecule has 0 aromatic heterocycles. The van der Waals surface area contributed by atoms with E-state index >= 15 is 0 Å². The van der Waals surface area contributed by atoms with Crippen molar-refractivity contribution < 1.29 is 9.47 Å². The van der Waals surface area contributed by atoms with Crippen molar-refractivity contribution >= 4 is 0 Å². The smallest absolute Gasteiger partial charge is 0.0957 e. The Hall–Kier alpha value is -0.540. The second-order valence-corrected chi connectivity index (χ2v) is 2.80. The van der Waals surface area contributed by atoms with Crippen LogP contribution in [0.25, 0.3) is 0 Å². The van der Waals surface area contributed by atoms with Gasteiger partial charge in [0.2, 0.25) is 0 Å². The highest BCUT2D eigenvalue weighted by molar-refractivity contribution is 5.06. The topological polar surface area (TPSA) is 44.5 Å². The summed E-state index contributed by atoms with van der Waals surface area (Å²) in [6.45, 7) is 0. The average Bonchev–Trinajstić information content (AvgIpc) is 2.03. The Morgan fingerprint density at radius 1 is 1.55 bits per heavy atom. The van der Waals surface area contributed by atoms with Crippen molar-refractivity contribution in [3.8, 4) is 0 Å². The lowest BCUT2D eigenvalue weighted by atomic mass is 9.99. The van der Waals surface area contributed by atoms with E-state index in [9.17, 15) is 0 Å². The molecule has 0 aliphatic heterocycles. The fourth-order valence-electron chi connectivity index (χ4n) is 1.32. The van der Waals surface area contributed by atoms with Gasteiger partial charge >= 0.3 is 0 Å². The van der Waals surface area contributed by atoms with Gasteiger partial charge in [0.05, 0.1) is 19.0 Å². The molecule has 1 aliphatic rings. The molecule has 0 aromatic rings. The fraction of sp³-hybridized carbons (Fsp3) is 0.750. The lowest BCUT2D eigenvalue weighted by Crippen LogP contribution is -2.30. The number of rotatable bonds is 2. The maximum Gasteiger partial charge on any atom is 0.0957 e. The van der Waals surface area contributed by atoms with Gasteiger partial charge in [0.1, 0.15) is 0 Å². The molecule has 0 saturated heterocycles. The molecule has 3 heteroatoms. The molecule has 0 amide bonds. The van der Waals surface area contributed by atoms with Crippen molar-refractivity contribution in [2.45, 2.75) is 25.0 Å². The first-order valence-electron chi connectivity index (χ1n) is 3.79. The monoisotopic (exact) mass is 157 g/mol. The van der Waals surface area contributed by atoms with E-state index in [2.05, 4.69) is 0 Å². The maximum atomic E-state index is 5.73. The molecule has 1 aliphatic carbocycles. The third kappa shape index (κ3) is 2.20. The Kier molecular flexibility index (Phi) is 2.91. The predicted molar refractivity (Wildman–Crippen MR) is 43.1 cm³/mol. The van der Waals surface area contributed by atoms with Crippen LogP contribution in [0.15, 0.2) is 11.8 Å². The van der Waals surface area contributed by atoms with Gasteiger partial charge in [-0.2, -0.15) is 0 Å². The van der Waals surface area contributed by atoms with Crippen LogP contribution in [0, 0.1) is 0 Å². The van der Waals surface area contributed by atoms with Gasteiger partial charge in [-0.1, -0.05) is 0 Å². The lowest BCUT2D eigenvalue weighted by Gasteiger charge is -2.24. The van der Waals surface area contributed by atoms with Crippen LogP contribution >= 0.6 is 0 Å². The van der Waals surface area contributed by atoms with E-state index in [1.165, 1.54) is 0 Å². The minimum Gasteiger partial charge on any atom is -0.501 e. The molecule has 11 heavy (non-hydrogen) atoms. The molecule has 3 nitrogen and oxygen atoms in total. The zero-order valence-electron chi connectivity index (χ0n) is 7.04. The van der Waals surface area contributed by atoms with E-state index in [4.69, 9.17) is 15.2 Å². The summed E-state index contributed by atoms with van der Waals surface area (Å²) < 4.78 is 10.3. The van der Waals surface area contributed by atoms with Crippen LogP contribution < -0.4 is 5.73 Å². The Morgan fingerprint density at radius 2 is 2.27 bits per heavy atom. The van der Waals surface area contributed by atoms with Gasteiger partial charge in [0.15, 0.2) is 0 Å². The van der Waals surface area contributed by atoms with Crippen molar-refractivity contribution in [1.29, 1.82) is 0 Å². The van der Waals surface area contributed by atoms with E-state index in [1.54, 1.807) is 14.2 Å². The molecule has 0 aromatic carbocycles. The zero-order chi connectivity index (χ0) is 8.27. The highest BCUT2D eigenvalue weighted by atomic mass is 16.5. The molecule has 2 unspecified atom stereocenters. The normalized spacial score (nSPS) is 31.4. The van der Waals surface area contributed by atoms with E-state index in [0.29, 0.717) is 0 Å². The standard InChI is InChI=1S/C8H15NO2/c1-10-7-3-6(9)4-8(5-7)11-2/h3,6,8H,4-5,9H2,1-2H3. The second kappa shape index (κ2) is 3.74. The highest BCUT2D eigenvalue weighted by Gasteiger charge is 2.19. The van der Waals surface area contributed by atoms with Crippen LogP contribution in [-0.2, 0) is 9.47 Å². The van der Waals surface area contributed by atoms with Crippen molar-refractivity contribution in [2.75, 3.05) is 14.2 Å². The largest absolute Gasteiger partial charge is 0.501 e. The molecule has 1 rings (SSSR count). The van der Waals surface area contributed by atoms with Crippen LogP contribution in [0.4, 0.5) is 0 Å². The first-order chi connectivity index (χ1) is 5.26. The number of nitrogens with two attached hydrogens (primary N) is 1. The molecule has 0 saturated carbocycles. The zero-order valence-corrected chi connectivity index (χ0v) is 7.04. The number of methoxy groups -OCH3 is 2. The van der Waals surface area contributed by atoms with Gasteiger partial charge in [0.25, 0.3) is 0 Å². The Morgan fingerprint density at radius 3 is 2.82 bits per heavy atom. The van der Waals surface area contributed by atoms with E-state index in [-0.39, 0.29) is 12.1 Å². The third-order valence-corrected chi connectivity index (χ3v) is 1.96. The second-order valence-electron chi connectivity index (χ2n) is 2.80. The van der Waals surface area contributed by atoms with Gasteiger partial charge in [-0.3, -0.25) is 0 Å². The predicted octanol–water partition coefficient (Wildman–Crippen LogP) is 0.653. The third-order valence-electron chi connectivity index (χ3n) is 1.96. The number of ether oxygens (including phenoxy) is 2. The summed E-state index contributed by atoms with van der Waals surface area (Å²) in [5.74, 6) is 0.940. The number of hydrogen-bond donors (Lipinski definition) is 1. The lowest BCUT2D eigenvalue weighted by molar-refractivity contribution is 0.0714. The van der Waals surface area contributed by atoms with Crippen LogP contribution in [0.5, 0.6) is 0 Å². The fourth-order valence-corrected chi connectivity index (χ4v) is 1.32. The molecule has 0 heterocycles. The Labute approximate surface area is 67.2 Å². The van der Waals surface area contributed by atoms with Crippen molar-refractivity contribution in [1.82, 2.24) is 0 Å². The van der Waals surface area contributed by atoms with Crippen LogP contribution in [0.2, 0.25) is 0 Å². The molecule has 2 atom stereocenters. The summed E-state index contributed by atoms with van der Waals surface area (Å²) in [6, 6.07) is 0.0867. The number of hydrogen-bond acceptors (Lipinski definition) is 3. The highest BCUT2D eigenvalue weighted by Crippen LogP contribution is 2.19. The molecule has 64 valence electrons. The molecular weight excluding hydrogens is 142 g/mol. The summed E-state index contributed by atoms with van der Waals surface area (Å²) in [7, 11) is 3.37. The average molecular weight is 157 g/mol. The van der Waals surface area contributed by atoms with E-state index in [0.717, 1.165) is 18.6 Å². The van der Waals surface area contributed by atoms with Crippen LogP contribution in [0.3, 0.4) is 0 Å². The summed E-state index contributed by atoms with van der Waals surface area (Å²) in [5.41, 5.74) is 5.73. The van der Waals surface area contributed by atoms with E-state index in [1.807, 2.05) is 6.08 Å². The summed E-state index contributed by atoms with van der Waals surface area (Å²) in [4.78, 5) is 0. The minimum atomic E-state index is 0.0867. The Bertz CT molecular complexity index is 156. The first-order valence-corrected chi connectivity index (χ1v) is 3.79. The van der Waals surface area contributed by atoms with Gasteiger partial charge in [0, 0.05) is 19.6 Å². The summed E-state index contributed by atoms with van der Waals surface area (Å²) >= 11 is 0. The SMILES string of the molecule is COC1=CC(N)CC(OC)C1. The van der Waals surface area contributed by atoms with Crippen molar-refractivity contribution in [3.63, 3.8) is 0 Å².